The quantitative estimate of drug-likeness (QED) is 0.682. The summed E-state index contributed by atoms with van der Waals surface area (Å²) < 4.78 is 5.28. The van der Waals surface area contributed by atoms with Crippen molar-refractivity contribution in [3.63, 3.8) is 0 Å². The monoisotopic (exact) mass is 414 g/mol. The van der Waals surface area contributed by atoms with Gasteiger partial charge in [-0.2, -0.15) is 0 Å². The van der Waals surface area contributed by atoms with Crippen molar-refractivity contribution in [3.05, 3.63) is 45.8 Å². The number of hydrogen-bond acceptors (Lipinski definition) is 5. The molecule has 0 unspecified atom stereocenters. The van der Waals surface area contributed by atoms with Crippen molar-refractivity contribution in [1.82, 2.24) is 0 Å². The second kappa shape index (κ2) is 9.22. The van der Waals surface area contributed by atoms with E-state index < -0.39 is 11.9 Å². The maximum absolute atomic E-state index is 12.7. The van der Waals surface area contributed by atoms with E-state index in [4.69, 9.17) is 4.74 Å². The minimum Gasteiger partial charge on any atom is -0.452 e. The van der Waals surface area contributed by atoms with E-state index in [1.165, 1.54) is 23.8 Å². The molecule has 0 atom stereocenters. The highest BCUT2D eigenvalue weighted by atomic mass is 32.1. The van der Waals surface area contributed by atoms with Crippen molar-refractivity contribution >= 4 is 39.8 Å². The Balaban J connectivity index is 1.65. The van der Waals surface area contributed by atoms with Crippen LogP contribution in [0.3, 0.4) is 0 Å². The van der Waals surface area contributed by atoms with Crippen LogP contribution < -0.4 is 10.6 Å². The summed E-state index contributed by atoms with van der Waals surface area (Å²) in [6, 6.07) is 7.59. The Kier molecular flexibility index (Phi) is 6.69. The molecule has 6 nitrogen and oxygen atoms in total. The summed E-state index contributed by atoms with van der Waals surface area (Å²) in [7, 11) is 0. The van der Waals surface area contributed by atoms with Gasteiger partial charge in [0.2, 0.25) is 5.91 Å². The van der Waals surface area contributed by atoms with E-state index >= 15 is 0 Å². The zero-order valence-corrected chi connectivity index (χ0v) is 17.8. The first-order valence-corrected chi connectivity index (χ1v) is 10.7. The zero-order chi connectivity index (χ0) is 21.0. The Morgan fingerprint density at radius 2 is 1.76 bits per heavy atom. The average molecular weight is 415 g/mol. The average Bonchev–Trinajstić information content (AvgIpc) is 3.03. The van der Waals surface area contributed by atoms with Crippen molar-refractivity contribution in [2.45, 2.75) is 52.4 Å². The summed E-state index contributed by atoms with van der Waals surface area (Å²) in [4.78, 5) is 37.5. The molecule has 0 fully saturated rings. The standard InChI is InChI=1S/C22H26N2O4S/c1-13(2)15-8-10-16(11-9-15)24-19(26)12-28-22(27)20-17-6-4-5-7-18(17)29-21(20)23-14(3)25/h8-11,13H,4-7,12H2,1-3H3,(H,23,25)(H,24,26). The van der Waals surface area contributed by atoms with Gasteiger partial charge in [0.15, 0.2) is 6.61 Å². The van der Waals surface area contributed by atoms with Crippen LogP contribution in [0, 0.1) is 0 Å². The Morgan fingerprint density at radius 1 is 1.07 bits per heavy atom. The molecule has 1 heterocycles. The molecule has 0 aliphatic heterocycles. The molecule has 1 aliphatic rings. The maximum Gasteiger partial charge on any atom is 0.341 e. The van der Waals surface area contributed by atoms with Crippen LogP contribution in [0.15, 0.2) is 24.3 Å². The lowest BCUT2D eigenvalue weighted by molar-refractivity contribution is -0.119. The van der Waals surface area contributed by atoms with Crippen molar-refractivity contribution < 1.29 is 19.1 Å². The van der Waals surface area contributed by atoms with Gasteiger partial charge in [-0.05, 0) is 54.9 Å². The molecular formula is C22H26N2O4S. The molecule has 0 saturated heterocycles. The number of rotatable bonds is 6. The second-order valence-corrected chi connectivity index (χ2v) is 8.60. The van der Waals surface area contributed by atoms with E-state index in [2.05, 4.69) is 24.5 Å². The first kappa shape index (κ1) is 21.0. The number of esters is 1. The number of ether oxygens (including phenoxy) is 1. The number of benzene rings is 1. The molecule has 0 spiro atoms. The lowest BCUT2D eigenvalue weighted by Gasteiger charge is -2.13. The number of nitrogens with one attached hydrogen (secondary N) is 2. The van der Waals surface area contributed by atoms with E-state index in [1.807, 2.05) is 24.3 Å². The largest absolute Gasteiger partial charge is 0.452 e. The van der Waals surface area contributed by atoms with Gasteiger partial charge in [-0.3, -0.25) is 9.59 Å². The lowest BCUT2D eigenvalue weighted by atomic mass is 9.95. The number of carbonyl (C=O) groups excluding carboxylic acids is 3. The molecule has 0 bridgehead atoms. The van der Waals surface area contributed by atoms with Gasteiger partial charge in [0.25, 0.3) is 5.91 Å². The second-order valence-electron chi connectivity index (χ2n) is 7.50. The molecule has 1 aromatic carbocycles. The Morgan fingerprint density at radius 3 is 2.41 bits per heavy atom. The fraction of sp³-hybridized carbons (Fsp3) is 0.409. The fourth-order valence-corrected chi connectivity index (χ4v) is 4.70. The number of amides is 2. The first-order chi connectivity index (χ1) is 13.8. The maximum atomic E-state index is 12.7. The molecule has 0 radical (unpaired) electrons. The highest BCUT2D eigenvalue weighted by Crippen LogP contribution is 2.38. The van der Waals surface area contributed by atoms with E-state index in [-0.39, 0.29) is 12.5 Å². The van der Waals surface area contributed by atoms with Crippen LogP contribution in [0.4, 0.5) is 10.7 Å². The molecule has 1 aromatic heterocycles. The number of aryl methyl sites for hydroxylation is 1. The summed E-state index contributed by atoms with van der Waals surface area (Å²) in [6.07, 6.45) is 3.74. The Bertz CT molecular complexity index is 916. The summed E-state index contributed by atoms with van der Waals surface area (Å²) in [5, 5.41) is 5.98. The van der Waals surface area contributed by atoms with Crippen molar-refractivity contribution in [1.29, 1.82) is 0 Å². The third kappa shape index (κ3) is 5.23. The SMILES string of the molecule is CC(=O)Nc1sc2c(c1C(=O)OCC(=O)Nc1ccc(C(C)C)cc1)CCCC2. The normalized spacial score (nSPS) is 13.0. The van der Waals surface area contributed by atoms with Gasteiger partial charge in [-0.15, -0.1) is 11.3 Å². The van der Waals surface area contributed by atoms with Gasteiger partial charge >= 0.3 is 5.97 Å². The number of fused-ring (bicyclic) bond motifs is 1. The van der Waals surface area contributed by atoms with E-state index in [0.29, 0.717) is 22.2 Å². The third-order valence-corrected chi connectivity index (χ3v) is 6.07. The summed E-state index contributed by atoms with van der Waals surface area (Å²) >= 11 is 1.43. The van der Waals surface area contributed by atoms with E-state index in [9.17, 15) is 14.4 Å². The van der Waals surface area contributed by atoms with Gasteiger partial charge in [0, 0.05) is 17.5 Å². The molecule has 1 aliphatic carbocycles. The van der Waals surface area contributed by atoms with Gasteiger partial charge < -0.3 is 15.4 Å². The van der Waals surface area contributed by atoms with Crippen LogP contribution >= 0.6 is 11.3 Å². The minimum atomic E-state index is -0.571. The molecule has 2 amide bonds. The Labute approximate surface area is 174 Å². The van der Waals surface area contributed by atoms with Crippen molar-refractivity contribution in [2.75, 3.05) is 17.2 Å². The number of hydrogen-bond donors (Lipinski definition) is 2. The van der Waals surface area contributed by atoms with Crippen LogP contribution in [-0.4, -0.2) is 24.4 Å². The van der Waals surface area contributed by atoms with Gasteiger partial charge in [-0.25, -0.2) is 4.79 Å². The topological polar surface area (TPSA) is 84.5 Å². The summed E-state index contributed by atoms with van der Waals surface area (Å²) in [6.45, 7) is 5.23. The van der Waals surface area contributed by atoms with Crippen molar-refractivity contribution in [2.24, 2.45) is 0 Å². The van der Waals surface area contributed by atoms with Gasteiger partial charge in [0.1, 0.15) is 5.00 Å². The van der Waals surface area contributed by atoms with Crippen LogP contribution in [0.25, 0.3) is 0 Å². The lowest BCUT2D eigenvalue weighted by Crippen LogP contribution is -2.22. The van der Waals surface area contributed by atoms with E-state index in [0.717, 1.165) is 36.1 Å². The molecule has 7 heteroatoms. The number of thiophene rings is 1. The van der Waals surface area contributed by atoms with Crippen LogP contribution in [0.5, 0.6) is 0 Å². The predicted octanol–water partition coefficient (Wildman–Crippen LogP) is 4.50. The summed E-state index contributed by atoms with van der Waals surface area (Å²) in [5.41, 5.74) is 3.18. The minimum absolute atomic E-state index is 0.236. The highest BCUT2D eigenvalue weighted by molar-refractivity contribution is 7.17. The van der Waals surface area contributed by atoms with Gasteiger partial charge in [-0.1, -0.05) is 26.0 Å². The van der Waals surface area contributed by atoms with E-state index in [1.54, 1.807) is 0 Å². The summed E-state index contributed by atoms with van der Waals surface area (Å²) in [5.74, 6) is -0.797. The van der Waals surface area contributed by atoms with Crippen molar-refractivity contribution in [3.8, 4) is 0 Å². The van der Waals surface area contributed by atoms with Crippen LogP contribution in [0.2, 0.25) is 0 Å². The highest BCUT2D eigenvalue weighted by Gasteiger charge is 2.27. The smallest absolute Gasteiger partial charge is 0.341 e. The zero-order valence-electron chi connectivity index (χ0n) is 17.0. The van der Waals surface area contributed by atoms with Crippen LogP contribution in [0.1, 0.15) is 65.9 Å². The third-order valence-electron chi connectivity index (χ3n) is 4.86. The molecule has 2 aromatic rings. The van der Waals surface area contributed by atoms with Gasteiger partial charge in [0.05, 0.1) is 5.56 Å². The molecule has 0 saturated carbocycles. The van der Waals surface area contributed by atoms with Crippen LogP contribution in [-0.2, 0) is 27.2 Å². The predicted molar refractivity (Wildman–Crippen MR) is 115 cm³/mol. The molecular weight excluding hydrogens is 388 g/mol. The molecule has 3 rings (SSSR count). The Hall–Kier alpha value is -2.67. The number of carbonyl (C=O) groups is 3. The number of anilines is 2. The molecule has 154 valence electrons. The molecule has 2 N–H and O–H groups in total. The first-order valence-electron chi connectivity index (χ1n) is 9.84. The fourth-order valence-electron chi connectivity index (χ4n) is 3.38. The molecule has 29 heavy (non-hydrogen) atoms.